The number of carbonyl (C=O) groups excluding carboxylic acids is 3. The molecule has 0 saturated carbocycles. The topological polar surface area (TPSA) is 142 Å². The summed E-state index contributed by atoms with van der Waals surface area (Å²) in [7, 11) is -1.97. The van der Waals surface area contributed by atoms with Crippen LogP contribution in [0.4, 0.5) is 5.69 Å². The van der Waals surface area contributed by atoms with E-state index < -0.39 is 25.1 Å². The number of ether oxygens (including phenoxy) is 1. The van der Waals surface area contributed by atoms with E-state index in [0.29, 0.717) is 34.6 Å². The maximum atomic E-state index is 13.4. The van der Waals surface area contributed by atoms with Crippen LogP contribution in [0.1, 0.15) is 48.7 Å². The lowest BCUT2D eigenvalue weighted by atomic mass is 9.94. The van der Waals surface area contributed by atoms with Crippen molar-refractivity contribution < 1.29 is 28.5 Å². The predicted octanol–water partition coefficient (Wildman–Crippen LogP) is 5.05. The van der Waals surface area contributed by atoms with Crippen LogP contribution in [-0.2, 0) is 25.4 Å². The summed E-state index contributed by atoms with van der Waals surface area (Å²) in [5.74, 6) is -1.72. The molecule has 10 nitrogen and oxygen atoms in total. The summed E-state index contributed by atoms with van der Waals surface area (Å²) >= 11 is 1.41. The van der Waals surface area contributed by atoms with Crippen molar-refractivity contribution in [1.29, 1.82) is 0 Å². The highest BCUT2D eigenvalue weighted by Crippen LogP contribution is 2.54. The Morgan fingerprint density at radius 2 is 1.73 bits per heavy atom. The number of hydrogen-bond donors (Lipinski definition) is 1. The van der Waals surface area contributed by atoms with Gasteiger partial charge in [0.25, 0.3) is 5.69 Å². The number of hydrogen-bond acceptors (Lipinski definition) is 8. The van der Waals surface area contributed by atoms with Crippen LogP contribution in [0, 0.1) is 16.0 Å². The Kier molecular flexibility index (Phi) is 8.25. The molecular weight excluding hydrogens is 550 g/mol. The maximum absolute atomic E-state index is 13.4. The van der Waals surface area contributed by atoms with Crippen molar-refractivity contribution in [1.82, 2.24) is 4.90 Å². The van der Waals surface area contributed by atoms with Crippen LogP contribution < -0.4 is 5.73 Å². The summed E-state index contributed by atoms with van der Waals surface area (Å²) < 4.78 is 11.9. The fourth-order valence-corrected chi connectivity index (χ4v) is 6.82. The van der Waals surface area contributed by atoms with E-state index in [1.807, 2.05) is 0 Å². The third-order valence-electron chi connectivity index (χ3n) is 7.69. The fourth-order valence-electron chi connectivity index (χ4n) is 4.22. The van der Waals surface area contributed by atoms with Gasteiger partial charge < -0.3 is 14.9 Å². The van der Waals surface area contributed by atoms with Gasteiger partial charge in [-0.05, 0) is 59.9 Å². The summed E-state index contributed by atoms with van der Waals surface area (Å²) in [4.78, 5) is 50.7. The average Bonchev–Trinajstić information content (AvgIpc) is 3.25. The fraction of sp³-hybridized carbons (Fsp3) is 0.393. The Morgan fingerprint density at radius 3 is 2.27 bits per heavy atom. The summed E-state index contributed by atoms with van der Waals surface area (Å²) in [6.07, 6.45) is 0.540. The minimum atomic E-state index is -1.97. The van der Waals surface area contributed by atoms with Crippen LogP contribution in [-0.4, -0.2) is 47.9 Å². The maximum Gasteiger partial charge on any atom is 0.356 e. The van der Waals surface area contributed by atoms with Crippen molar-refractivity contribution in [2.24, 2.45) is 11.7 Å². The molecule has 0 unspecified atom stereocenters. The number of β-lactam (4-membered cyclic amide) rings is 1. The second kappa shape index (κ2) is 11.2. The summed E-state index contributed by atoms with van der Waals surface area (Å²) in [5.41, 5.74) is 7.03. The first-order valence-electron chi connectivity index (χ1n) is 12.9. The molecule has 2 amide bonds. The normalized spacial score (nSPS) is 18.8. The van der Waals surface area contributed by atoms with Crippen LogP contribution in [0.3, 0.4) is 0 Å². The molecule has 212 valence electrons. The highest BCUT2D eigenvalue weighted by Gasteiger charge is 2.56. The number of nitrogens with two attached hydrogens (primary N) is 1. The molecule has 2 N–H and O–H groups in total. The van der Waals surface area contributed by atoms with E-state index >= 15 is 0 Å². The summed E-state index contributed by atoms with van der Waals surface area (Å²) in [5, 5.41) is 10.7. The van der Waals surface area contributed by atoms with Gasteiger partial charge >= 0.3 is 5.97 Å². The number of nitro benzene ring substituents is 1. The number of non-ortho nitro benzene ring substituents is 1. The van der Waals surface area contributed by atoms with Crippen LogP contribution >= 0.6 is 11.8 Å². The zero-order valence-corrected chi connectivity index (χ0v) is 24.9. The second-order valence-corrected chi connectivity index (χ2v) is 17.3. The highest BCUT2D eigenvalue weighted by atomic mass is 32.2. The molecule has 12 heteroatoms. The summed E-state index contributed by atoms with van der Waals surface area (Å²) in [6.45, 7) is 11.2. The molecule has 1 fully saturated rings. The van der Waals surface area contributed by atoms with Gasteiger partial charge in [0.1, 0.15) is 12.3 Å². The molecule has 0 spiro atoms. The van der Waals surface area contributed by atoms with Gasteiger partial charge in [-0.2, -0.15) is 0 Å². The molecular formula is C28H33N3O7SSi. The van der Waals surface area contributed by atoms with E-state index in [4.69, 9.17) is 14.9 Å². The highest BCUT2D eigenvalue weighted by molar-refractivity contribution is 8.09. The van der Waals surface area contributed by atoms with Gasteiger partial charge in [-0.25, -0.2) is 4.79 Å². The van der Waals surface area contributed by atoms with E-state index in [9.17, 15) is 24.5 Å². The van der Waals surface area contributed by atoms with Gasteiger partial charge in [0.05, 0.1) is 16.2 Å². The smallest absolute Gasteiger partial charge is 0.356 e. The molecule has 4 rings (SSSR count). The lowest BCUT2D eigenvalue weighted by molar-refractivity contribution is -0.384. The van der Waals surface area contributed by atoms with Gasteiger partial charge in [0, 0.05) is 29.2 Å². The van der Waals surface area contributed by atoms with E-state index in [-0.39, 0.29) is 40.2 Å². The standard InChI is InChI=1S/C28H33N3O7SSi/c1-28(2,3)40(4,5)38-15-14-21-25(33)30-22(27(34)37-16-17-6-12-20(13-7-17)31(35)36)23(39-26(21)30)18-8-10-19(11-9-18)24(29)32/h6-13,21,26H,14-16H2,1-5H3,(H2,29,32)/t21-,26+/m0/s1. The van der Waals surface area contributed by atoms with Crippen molar-refractivity contribution in [2.45, 2.75) is 57.3 Å². The largest absolute Gasteiger partial charge is 0.456 e. The molecule has 0 aliphatic carbocycles. The van der Waals surface area contributed by atoms with Gasteiger partial charge in [-0.3, -0.25) is 24.6 Å². The average molecular weight is 584 g/mol. The molecule has 2 aliphatic rings. The Hall–Kier alpha value is -3.48. The Bertz CT molecular complexity index is 1370. The van der Waals surface area contributed by atoms with Gasteiger partial charge in [0.2, 0.25) is 11.8 Å². The molecule has 40 heavy (non-hydrogen) atoms. The molecule has 1 saturated heterocycles. The number of fused-ring (bicyclic) bond motifs is 1. The molecule has 2 aromatic rings. The van der Waals surface area contributed by atoms with E-state index in [1.165, 1.54) is 40.9 Å². The molecule has 0 bridgehead atoms. The van der Waals surface area contributed by atoms with Crippen LogP contribution in [0.25, 0.3) is 4.91 Å². The van der Waals surface area contributed by atoms with Crippen LogP contribution in [0.5, 0.6) is 0 Å². The van der Waals surface area contributed by atoms with Gasteiger partial charge in [-0.15, -0.1) is 0 Å². The van der Waals surface area contributed by atoms with Crippen molar-refractivity contribution in [2.75, 3.05) is 6.61 Å². The summed E-state index contributed by atoms with van der Waals surface area (Å²) in [6, 6.07) is 12.2. The molecule has 2 atom stereocenters. The number of esters is 1. The lowest BCUT2D eigenvalue weighted by Crippen LogP contribution is -2.57. The zero-order chi connectivity index (χ0) is 29.4. The molecule has 0 radical (unpaired) electrons. The number of amides is 2. The number of carbonyl (C=O) groups is 3. The predicted molar refractivity (Wildman–Crippen MR) is 154 cm³/mol. The quantitative estimate of drug-likeness (QED) is 0.135. The molecule has 2 heterocycles. The van der Waals surface area contributed by atoms with Gasteiger partial charge in [-0.1, -0.05) is 44.7 Å². The van der Waals surface area contributed by atoms with Gasteiger partial charge in [0.15, 0.2) is 8.32 Å². The Balaban J connectivity index is 1.53. The number of rotatable bonds is 10. The Labute approximate surface area is 238 Å². The third-order valence-corrected chi connectivity index (χ3v) is 13.7. The van der Waals surface area contributed by atoms with E-state index in [2.05, 4.69) is 33.9 Å². The first kappa shape index (κ1) is 29.5. The third kappa shape index (κ3) is 5.84. The van der Waals surface area contributed by atoms with Crippen molar-refractivity contribution in [3.63, 3.8) is 0 Å². The van der Waals surface area contributed by atoms with Crippen LogP contribution in [0.15, 0.2) is 54.2 Å². The SMILES string of the molecule is CC(C)(C)[Si](C)(C)OCC[C@H]1C(=O)N2C(C(=O)OCc3ccc([N+](=O)[O-])cc3)=C(c3ccc(C(N)=O)cc3)S[C@H]12. The first-order valence-corrected chi connectivity index (χ1v) is 16.7. The van der Waals surface area contributed by atoms with Crippen molar-refractivity contribution >= 4 is 48.5 Å². The number of nitro groups is 1. The zero-order valence-electron chi connectivity index (χ0n) is 23.1. The minimum Gasteiger partial charge on any atom is -0.456 e. The Morgan fingerprint density at radius 1 is 1.10 bits per heavy atom. The first-order chi connectivity index (χ1) is 18.7. The monoisotopic (exact) mass is 583 g/mol. The molecule has 2 aromatic carbocycles. The lowest BCUT2D eigenvalue weighted by Gasteiger charge is -2.43. The van der Waals surface area contributed by atoms with E-state index in [1.54, 1.807) is 24.3 Å². The number of nitrogens with zero attached hydrogens (tertiary/aromatic N) is 2. The molecule has 0 aromatic heterocycles. The number of benzene rings is 2. The van der Waals surface area contributed by atoms with Crippen molar-refractivity contribution in [3.05, 3.63) is 81.0 Å². The number of primary amides is 1. The minimum absolute atomic E-state index is 0.0527. The number of thioether (sulfide) groups is 1. The molecule has 2 aliphatic heterocycles. The van der Waals surface area contributed by atoms with Crippen molar-refractivity contribution in [3.8, 4) is 0 Å². The second-order valence-electron chi connectivity index (χ2n) is 11.3. The van der Waals surface area contributed by atoms with Crippen LogP contribution in [0.2, 0.25) is 18.1 Å². The van der Waals surface area contributed by atoms with E-state index in [0.717, 1.165) is 0 Å².